The molecule has 3 aliphatic heterocycles. The number of likely N-dealkylation sites (tertiary alicyclic amines) is 1. The molecule has 0 unspecified atom stereocenters. The van der Waals surface area contributed by atoms with Crippen molar-refractivity contribution in [2.45, 2.75) is 44.6 Å². The number of carbonyl (C=O) groups excluding carboxylic acids is 3. The molecule has 1 N–H and O–H groups in total. The molecule has 3 fully saturated rings. The van der Waals surface area contributed by atoms with Gasteiger partial charge in [-0.2, -0.15) is 0 Å². The third-order valence-electron chi connectivity index (χ3n) is 7.16. The second-order valence-corrected chi connectivity index (χ2v) is 8.95. The number of nitrogens with one attached hydrogen (secondary N) is 1. The Hall–Kier alpha value is -2.77. The summed E-state index contributed by atoms with van der Waals surface area (Å²) in [5.41, 5.74) is -0.641. The van der Waals surface area contributed by atoms with Gasteiger partial charge in [0.2, 0.25) is 12.7 Å². The second kappa shape index (κ2) is 7.18. The summed E-state index contributed by atoms with van der Waals surface area (Å²) >= 11 is 0. The number of ether oxygens (including phenoxy) is 2. The SMILES string of the molecule is C[C@@]1(c2ccc3c(c2)OCO3)NC(=O)N(CC(=O)N2CC[C@@H]3CCCC[C@@H]3C2)C1=O. The van der Waals surface area contributed by atoms with Gasteiger partial charge in [0.25, 0.3) is 5.91 Å². The lowest BCUT2D eigenvalue weighted by atomic mass is 9.75. The number of benzene rings is 1. The van der Waals surface area contributed by atoms with Crippen LogP contribution >= 0.6 is 0 Å². The van der Waals surface area contributed by atoms with E-state index in [9.17, 15) is 14.4 Å². The molecule has 0 bridgehead atoms. The second-order valence-electron chi connectivity index (χ2n) is 8.95. The Morgan fingerprint density at radius 3 is 2.73 bits per heavy atom. The molecule has 4 amide bonds. The molecular weight excluding hydrogens is 386 g/mol. The predicted octanol–water partition coefficient (Wildman–Crippen LogP) is 2.22. The van der Waals surface area contributed by atoms with E-state index in [0.717, 1.165) is 17.9 Å². The van der Waals surface area contributed by atoms with Crippen molar-refractivity contribution < 1.29 is 23.9 Å². The van der Waals surface area contributed by atoms with Crippen LogP contribution in [0.5, 0.6) is 11.5 Å². The summed E-state index contributed by atoms with van der Waals surface area (Å²) in [7, 11) is 0. The third kappa shape index (κ3) is 3.09. The van der Waals surface area contributed by atoms with Gasteiger partial charge in [-0.15, -0.1) is 0 Å². The van der Waals surface area contributed by atoms with E-state index in [1.807, 2.05) is 4.90 Å². The molecule has 1 aromatic carbocycles. The van der Waals surface area contributed by atoms with Crippen molar-refractivity contribution >= 4 is 17.8 Å². The molecule has 0 radical (unpaired) electrons. The number of nitrogens with zero attached hydrogens (tertiary/aromatic N) is 2. The van der Waals surface area contributed by atoms with Gasteiger partial charge in [0.15, 0.2) is 11.5 Å². The first-order valence-electron chi connectivity index (χ1n) is 10.8. The number of amides is 4. The normalized spacial score (nSPS) is 30.3. The molecule has 1 saturated carbocycles. The number of hydrogen-bond acceptors (Lipinski definition) is 5. The maximum absolute atomic E-state index is 13.2. The average Bonchev–Trinajstić information content (AvgIpc) is 3.31. The highest BCUT2D eigenvalue weighted by Crippen LogP contribution is 2.38. The summed E-state index contributed by atoms with van der Waals surface area (Å²) in [4.78, 5) is 41.6. The van der Waals surface area contributed by atoms with E-state index in [0.29, 0.717) is 35.4 Å². The first-order chi connectivity index (χ1) is 14.5. The standard InChI is InChI=1S/C22H27N3O5/c1-22(16-6-7-17-18(10-16)30-13-29-17)20(27)25(21(28)23-22)12-19(26)24-9-8-14-4-2-3-5-15(14)11-24/h6-7,10,14-15H,2-5,8-9,11-13H2,1H3,(H,23,28)/t14-,15+,22-/m0/s1. The van der Waals surface area contributed by atoms with E-state index in [4.69, 9.17) is 9.47 Å². The maximum Gasteiger partial charge on any atom is 0.325 e. The van der Waals surface area contributed by atoms with E-state index < -0.39 is 17.5 Å². The summed E-state index contributed by atoms with van der Waals surface area (Å²) in [5, 5.41) is 2.76. The fourth-order valence-corrected chi connectivity index (χ4v) is 5.31. The zero-order valence-electron chi connectivity index (χ0n) is 17.2. The van der Waals surface area contributed by atoms with Crippen molar-refractivity contribution in [3.8, 4) is 11.5 Å². The zero-order chi connectivity index (χ0) is 20.9. The Bertz CT molecular complexity index is 903. The minimum absolute atomic E-state index is 0.133. The van der Waals surface area contributed by atoms with Crippen molar-refractivity contribution in [1.82, 2.24) is 15.1 Å². The van der Waals surface area contributed by atoms with Gasteiger partial charge in [-0.3, -0.25) is 14.5 Å². The Morgan fingerprint density at radius 1 is 1.13 bits per heavy atom. The molecule has 160 valence electrons. The lowest BCUT2D eigenvalue weighted by molar-refractivity contribution is -0.140. The van der Waals surface area contributed by atoms with Crippen LogP contribution in [0.4, 0.5) is 4.79 Å². The zero-order valence-corrected chi connectivity index (χ0v) is 17.2. The molecule has 3 heterocycles. The summed E-state index contributed by atoms with van der Waals surface area (Å²) in [5.74, 6) is 1.84. The first kappa shape index (κ1) is 19.2. The minimum atomic E-state index is -1.24. The topological polar surface area (TPSA) is 88.2 Å². The largest absolute Gasteiger partial charge is 0.454 e. The molecule has 2 saturated heterocycles. The maximum atomic E-state index is 13.2. The van der Waals surface area contributed by atoms with Gasteiger partial charge in [-0.25, -0.2) is 4.79 Å². The van der Waals surface area contributed by atoms with Crippen molar-refractivity contribution in [2.75, 3.05) is 26.4 Å². The molecule has 0 aromatic heterocycles. The summed E-state index contributed by atoms with van der Waals surface area (Å²) in [6, 6.07) is 4.63. The number of hydrogen-bond donors (Lipinski definition) is 1. The van der Waals surface area contributed by atoms with Crippen LogP contribution in [-0.2, 0) is 15.1 Å². The Morgan fingerprint density at radius 2 is 1.90 bits per heavy atom. The van der Waals surface area contributed by atoms with E-state index in [-0.39, 0.29) is 19.2 Å². The van der Waals surface area contributed by atoms with Gasteiger partial charge in [-0.05, 0) is 49.3 Å². The van der Waals surface area contributed by atoms with E-state index in [1.165, 1.54) is 25.7 Å². The molecule has 1 aromatic rings. The molecule has 4 aliphatic rings. The van der Waals surface area contributed by atoms with Crippen LogP contribution in [0.15, 0.2) is 18.2 Å². The van der Waals surface area contributed by atoms with Crippen molar-refractivity contribution in [2.24, 2.45) is 11.8 Å². The van der Waals surface area contributed by atoms with E-state index in [2.05, 4.69) is 5.32 Å². The minimum Gasteiger partial charge on any atom is -0.454 e. The Balaban J connectivity index is 1.29. The molecule has 0 spiro atoms. The number of carbonyl (C=O) groups is 3. The highest BCUT2D eigenvalue weighted by atomic mass is 16.7. The lowest BCUT2D eigenvalue weighted by Gasteiger charge is -2.41. The molecular formula is C22H27N3O5. The van der Waals surface area contributed by atoms with Gasteiger partial charge in [0.1, 0.15) is 12.1 Å². The Labute approximate surface area is 175 Å². The predicted molar refractivity (Wildman–Crippen MR) is 107 cm³/mol. The third-order valence-corrected chi connectivity index (χ3v) is 7.16. The fourth-order valence-electron chi connectivity index (χ4n) is 5.31. The van der Waals surface area contributed by atoms with Crippen LogP contribution < -0.4 is 14.8 Å². The summed E-state index contributed by atoms with van der Waals surface area (Å²) in [6.45, 7) is 3.02. The lowest BCUT2D eigenvalue weighted by Crippen LogP contribution is -2.49. The van der Waals surface area contributed by atoms with Gasteiger partial charge in [0.05, 0.1) is 0 Å². The number of urea groups is 1. The smallest absolute Gasteiger partial charge is 0.325 e. The fraction of sp³-hybridized carbons (Fsp3) is 0.591. The van der Waals surface area contributed by atoms with Crippen LogP contribution in [0, 0.1) is 11.8 Å². The molecule has 3 atom stereocenters. The van der Waals surface area contributed by atoms with E-state index in [1.54, 1.807) is 25.1 Å². The number of piperidine rings is 1. The number of rotatable bonds is 3. The highest BCUT2D eigenvalue weighted by molar-refractivity contribution is 6.09. The Kier molecular flexibility index (Phi) is 4.60. The van der Waals surface area contributed by atoms with Crippen molar-refractivity contribution in [1.29, 1.82) is 0 Å². The van der Waals surface area contributed by atoms with E-state index >= 15 is 0 Å². The highest BCUT2D eigenvalue weighted by Gasteiger charge is 2.50. The van der Waals surface area contributed by atoms with Gasteiger partial charge in [-0.1, -0.05) is 25.3 Å². The molecule has 8 heteroatoms. The monoisotopic (exact) mass is 413 g/mol. The van der Waals surface area contributed by atoms with Crippen LogP contribution in [0.25, 0.3) is 0 Å². The average molecular weight is 413 g/mol. The molecule has 5 rings (SSSR count). The van der Waals surface area contributed by atoms with Gasteiger partial charge >= 0.3 is 6.03 Å². The number of imide groups is 1. The van der Waals surface area contributed by atoms with Crippen molar-refractivity contribution in [3.63, 3.8) is 0 Å². The summed E-state index contributed by atoms with van der Waals surface area (Å²) < 4.78 is 10.7. The van der Waals surface area contributed by atoms with Gasteiger partial charge in [0, 0.05) is 13.1 Å². The molecule has 8 nitrogen and oxygen atoms in total. The number of fused-ring (bicyclic) bond motifs is 2. The summed E-state index contributed by atoms with van der Waals surface area (Å²) in [6.07, 6.45) is 5.96. The first-order valence-corrected chi connectivity index (χ1v) is 10.8. The van der Waals surface area contributed by atoms with Crippen LogP contribution in [-0.4, -0.2) is 54.1 Å². The van der Waals surface area contributed by atoms with Crippen LogP contribution in [0.3, 0.4) is 0 Å². The molecule has 30 heavy (non-hydrogen) atoms. The van der Waals surface area contributed by atoms with Crippen LogP contribution in [0.1, 0.15) is 44.6 Å². The molecule has 1 aliphatic carbocycles. The van der Waals surface area contributed by atoms with Gasteiger partial charge < -0.3 is 19.7 Å². The quantitative estimate of drug-likeness (QED) is 0.768. The van der Waals surface area contributed by atoms with Crippen molar-refractivity contribution in [3.05, 3.63) is 23.8 Å². The van der Waals surface area contributed by atoms with Crippen LogP contribution in [0.2, 0.25) is 0 Å².